The Balaban J connectivity index is 1.22. The molecule has 0 N–H and O–H groups in total. The number of halogens is 1. The third kappa shape index (κ3) is 5.10. The lowest BCUT2D eigenvalue weighted by Crippen LogP contribution is -2.48. The van der Waals surface area contributed by atoms with Crippen molar-refractivity contribution in [3.63, 3.8) is 0 Å². The van der Waals surface area contributed by atoms with E-state index in [1.54, 1.807) is 12.1 Å². The Morgan fingerprint density at radius 3 is 2.45 bits per heavy atom. The van der Waals surface area contributed by atoms with E-state index in [9.17, 15) is 9.59 Å². The van der Waals surface area contributed by atoms with Gasteiger partial charge in [-0.1, -0.05) is 17.7 Å². The van der Waals surface area contributed by atoms with Crippen LogP contribution in [0.5, 0.6) is 11.5 Å². The molecular formula is C21H23ClN2O4S. The highest BCUT2D eigenvalue weighted by atomic mass is 35.5. The molecular weight excluding hydrogens is 412 g/mol. The molecule has 1 amide bonds. The van der Waals surface area contributed by atoms with E-state index in [1.807, 2.05) is 17.0 Å². The second kappa shape index (κ2) is 9.15. The molecule has 2 aliphatic rings. The van der Waals surface area contributed by atoms with Crippen LogP contribution < -0.4 is 9.47 Å². The van der Waals surface area contributed by atoms with Gasteiger partial charge in [0.1, 0.15) is 13.2 Å². The van der Waals surface area contributed by atoms with E-state index in [0.29, 0.717) is 35.5 Å². The maximum absolute atomic E-state index is 12.5. The predicted octanol–water partition coefficient (Wildman–Crippen LogP) is 3.48. The van der Waals surface area contributed by atoms with Gasteiger partial charge in [0.2, 0.25) is 5.91 Å². The minimum atomic E-state index is -0.0208. The summed E-state index contributed by atoms with van der Waals surface area (Å²) in [6.45, 7) is 4.98. The lowest BCUT2D eigenvalue weighted by atomic mass is 10.1. The van der Waals surface area contributed by atoms with Gasteiger partial charge in [0, 0.05) is 45.6 Å². The standard InChI is InChI=1S/C21H23ClN2O4S/c22-20-5-4-19(29-20)16(25)2-6-21(26)24-9-7-23(8-10-24)14-15-1-3-17-18(13-15)28-12-11-27-17/h1,3-5,13H,2,6-12,14H2. The first-order valence-corrected chi connectivity index (χ1v) is 10.9. The molecule has 0 aliphatic carbocycles. The summed E-state index contributed by atoms with van der Waals surface area (Å²) < 4.78 is 11.8. The Hall–Kier alpha value is -2.09. The van der Waals surface area contributed by atoms with Crippen molar-refractivity contribution in [1.29, 1.82) is 0 Å². The van der Waals surface area contributed by atoms with Gasteiger partial charge in [-0.3, -0.25) is 14.5 Å². The fourth-order valence-corrected chi connectivity index (χ4v) is 4.58. The van der Waals surface area contributed by atoms with Gasteiger partial charge in [-0.05, 0) is 29.8 Å². The molecule has 0 bridgehead atoms. The molecule has 1 fully saturated rings. The summed E-state index contributed by atoms with van der Waals surface area (Å²) in [5.74, 6) is 1.63. The minimum absolute atomic E-state index is 0.0208. The molecule has 6 nitrogen and oxygen atoms in total. The SMILES string of the molecule is O=C(CCC(=O)N1CCN(Cc2ccc3c(c2)OCCO3)CC1)c1ccc(Cl)s1. The van der Waals surface area contributed by atoms with Crippen LogP contribution in [0.1, 0.15) is 28.1 Å². The lowest BCUT2D eigenvalue weighted by Gasteiger charge is -2.35. The smallest absolute Gasteiger partial charge is 0.223 e. The van der Waals surface area contributed by atoms with E-state index in [0.717, 1.165) is 31.1 Å². The number of benzene rings is 1. The van der Waals surface area contributed by atoms with E-state index in [4.69, 9.17) is 21.1 Å². The molecule has 2 aliphatic heterocycles. The van der Waals surface area contributed by atoms with E-state index in [1.165, 1.54) is 16.9 Å². The van der Waals surface area contributed by atoms with Gasteiger partial charge in [-0.2, -0.15) is 0 Å². The number of ketones is 1. The third-order valence-corrected chi connectivity index (χ3v) is 6.42. The number of carbonyl (C=O) groups excluding carboxylic acids is 2. The van der Waals surface area contributed by atoms with Crippen LogP contribution in [-0.2, 0) is 11.3 Å². The summed E-state index contributed by atoms with van der Waals surface area (Å²) in [5.41, 5.74) is 1.18. The van der Waals surface area contributed by atoms with Gasteiger partial charge in [-0.25, -0.2) is 0 Å². The number of rotatable bonds is 6. The summed E-state index contributed by atoms with van der Waals surface area (Å²) in [6.07, 6.45) is 0.476. The molecule has 2 aromatic rings. The number of nitrogens with zero attached hydrogens (tertiary/aromatic N) is 2. The molecule has 0 unspecified atom stereocenters. The number of hydrogen-bond acceptors (Lipinski definition) is 6. The zero-order valence-electron chi connectivity index (χ0n) is 16.1. The van der Waals surface area contributed by atoms with Gasteiger partial charge in [0.15, 0.2) is 17.3 Å². The van der Waals surface area contributed by atoms with Crippen molar-refractivity contribution < 1.29 is 19.1 Å². The van der Waals surface area contributed by atoms with Crippen LogP contribution in [0, 0.1) is 0 Å². The van der Waals surface area contributed by atoms with Gasteiger partial charge < -0.3 is 14.4 Å². The first-order valence-electron chi connectivity index (χ1n) is 9.76. The molecule has 1 aromatic carbocycles. The predicted molar refractivity (Wildman–Crippen MR) is 112 cm³/mol. The molecule has 29 heavy (non-hydrogen) atoms. The van der Waals surface area contributed by atoms with E-state index in [2.05, 4.69) is 11.0 Å². The Labute approximate surface area is 179 Å². The molecule has 1 saturated heterocycles. The third-order valence-electron chi connectivity index (χ3n) is 5.15. The van der Waals surface area contributed by atoms with Crippen LogP contribution in [0.2, 0.25) is 4.34 Å². The first kappa shape index (κ1) is 20.2. The topological polar surface area (TPSA) is 59.1 Å². The van der Waals surface area contributed by atoms with Crippen molar-refractivity contribution in [3.05, 3.63) is 45.1 Å². The fraction of sp³-hybridized carbons (Fsp3) is 0.429. The molecule has 0 atom stereocenters. The zero-order valence-corrected chi connectivity index (χ0v) is 17.6. The van der Waals surface area contributed by atoms with Crippen LogP contribution in [0.15, 0.2) is 30.3 Å². The zero-order chi connectivity index (χ0) is 20.2. The van der Waals surface area contributed by atoms with Crippen molar-refractivity contribution in [3.8, 4) is 11.5 Å². The average Bonchev–Trinajstić information content (AvgIpc) is 3.18. The van der Waals surface area contributed by atoms with Crippen LogP contribution in [0.25, 0.3) is 0 Å². The summed E-state index contributed by atoms with van der Waals surface area (Å²) in [4.78, 5) is 29.4. The number of ether oxygens (including phenoxy) is 2. The van der Waals surface area contributed by atoms with Gasteiger partial charge in [0.25, 0.3) is 0 Å². The number of fused-ring (bicyclic) bond motifs is 1. The maximum Gasteiger partial charge on any atom is 0.223 e. The van der Waals surface area contributed by atoms with Crippen molar-refractivity contribution in [2.24, 2.45) is 0 Å². The minimum Gasteiger partial charge on any atom is -0.486 e. The highest BCUT2D eigenvalue weighted by Crippen LogP contribution is 2.31. The second-order valence-electron chi connectivity index (χ2n) is 7.16. The number of Topliss-reactive ketones (excluding diaryl/α,β-unsaturated/α-hetero) is 1. The van der Waals surface area contributed by atoms with Gasteiger partial charge >= 0.3 is 0 Å². The van der Waals surface area contributed by atoms with E-state index >= 15 is 0 Å². The van der Waals surface area contributed by atoms with Crippen LogP contribution >= 0.6 is 22.9 Å². The van der Waals surface area contributed by atoms with Crippen molar-refractivity contribution in [1.82, 2.24) is 9.80 Å². The molecule has 3 heterocycles. The Bertz CT molecular complexity index is 893. The summed E-state index contributed by atoms with van der Waals surface area (Å²) in [5, 5.41) is 0. The number of amides is 1. The Morgan fingerprint density at radius 2 is 1.72 bits per heavy atom. The summed E-state index contributed by atoms with van der Waals surface area (Å²) in [7, 11) is 0. The molecule has 4 rings (SSSR count). The highest BCUT2D eigenvalue weighted by molar-refractivity contribution is 7.18. The largest absolute Gasteiger partial charge is 0.486 e. The van der Waals surface area contributed by atoms with Crippen LogP contribution in [0.3, 0.4) is 0 Å². The van der Waals surface area contributed by atoms with Crippen molar-refractivity contribution in [2.75, 3.05) is 39.4 Å². The number of hydrogen-bond donors (Lipinski definition) is 0. The normalized spacial score (nSPS) is 16.7. The molecule has 154 valence electrons. The van der Waals surface area contributed by atoms with Crippen LogP contribution in [0.4, 0.5) is 0 Å². The molecule has 0 saturated carbocycles. The molecule has 0 radical (unpaired) electrons. The summed E-state index contributed by atoms with van der Waals surface area (Å²) >= 11 is 7.13. The quantitative estimate of drug-likeness (QED) is 0.651. The maximum atomic E-state index is 12.5. The second-order valence-corrected chi connectivity index (χ2v) is 8.88. The Kier molecular flexibility index (Phi) is 6.37. The van der Waals surface area contributed by atoms with E-state index in [-0.39, 0.29) is 24.5 Å². The van der Waals surface area contributed by atoms with Crippen LogP contribution in [-0.4, -0.2) is 60.9 Å². The average molecular weight is 435 g/mol. The van der Waals surface area contributed by atoms with Gasteiger partial charge in [-0.15, -0.1) is 11.3 Å². The number of carbonyl (C=O) groups is 2. The van der Waals surface area contributed by atoms with Crippen molar-refractivity contribution in [2.45, 2.75) is 19.4 Å². The first-order chi connectivity index (χ1) is 14.1. The van der Waals surface area contributed by atoms with E-state index < -0.39 is 0 Å². The molecule has 8 heteroatoms. The highest BCUT2D eigenvalue weighted by Gasteiger charge is 2.22. The number of thiophene rings is 1. The fourth-order valence-electron chi connectivity index (χ4n) is 3.57. The molecule has 0 spiro atoms. The van der Waals surface area contributed by atoms with Crippen molar-refractivity contribution >= 4 is 34.6 Å². The lowest BCUT2D eigenvalue weighted by molar-refractivity contribution is -0.132. The molecule has 1 aromatic heterocycles. The monoisotopic (exact) mass is 434 g/mol. The Morgan fingerprint density at radius 1 is 0.966 bits per heavy atom. The summed E-state index contributed by atoms with van der Waals surface area (Å²) in [6, 6.07) is 9.49. The van der Waals surface area contributed by atoms with Gasteiger partial charge in [0.05, 0.1) is 9.21 Å². The number of piperazine rings is 1.